The topological polar surface area (TPSA) is 104 Å². The summed E-state index contributed by atoms with van der Waals surface area (Å²) in [5.74, 6) is -1.13. The van der Waals surface area contributed by atoms with Gasteiger partial charge in [0.15, 0.2) is 17.5 Å². The molecule has 4 aliphatic carbocycles. The Morgan fingerprint density at radius 1 is 1.35 bits per heavy atom. The molecule has 0 saturated heterocycles. The third-order valence-corrected chi connectivity index (χ3v) is 8.88. The molecule has 2 fully saturated rings. The van der Waals surface area contributed by atoms with Crippen molar-refractivity contribution in [1.29, 1.82) is 0 Å². The Morgan fingerprint density at radius 3 is 2.58 bits per heavy atom. The second-order valence-corrected chi connectivity index (χ2v) is 10.6. The molecule has 0 aromatic heterocycles. The van der Waals surface area contributed by atoms with E-state index in [-0.39, 0.29) is 28.6 Å². The highest BCUT2D eigenvalue weighted by Crippen LogP contribution is 2.71. The quantitative estimate of drug-likeness (QED) is 0.361. The Kier molecular flexibility index (Phi) is 4.97. The molecule has 0 aromatic carbocycles. The maximum atomic E-state index is 14.2. The summed E-state index contributed by atoms with van der Waals surface area (Å²) in [4.78, 5) is 26.8. The fourth-order valence-electron chi connectivity index (χ4n) is 6.91. The maximum absolute atomic E-state index is 14.2. The van der Waals surface area contributed by atoms with Crippen LogP contribution in [0.5, 0.6) is 0 Å². The lowest BCUT2D eigenvalue weighted by molar-refractivity contribution is -0.201. The highest BCUT2D eigenvalue weighted by atomic mass is 16.6. The van der Waals surface area contributed by atoms with Gasteiger partial charge in [-0.2, -0.15) is 0 Å². The van der Waals surface area contributed by atoms with Gasteiger partial charge in [0, 0.05) is 11.5 Å². The average Bonchev–Trinajstić information content (AvgIpc) is 3.21. The number of carbonyl (C=O) groups excluding carboxylic acids is 2. The number of aliphatic hydroxyl groups is 3. The molecule has 0 heterocycles. The second-order valence-electron chi connectivity index (χ2n) is 10.6. The Bertz CT molecular complexity index is 926. The summed E-state index contributed by atoms with van der Waals surface area (Å²) in [5.41, 5.74) is -2.36. The molecule has 0 aliphatic heterocycles. The predicted molar refractivity (Wildman–Crippen MR) is 115 cm³/mol. The van der Waals surface area contributed by atoms with E-state index in [1.54, 1.807) is 39.0 Å². The zero-order chi connectivity index (χ0) is 23.1. The van der Waals surface area contributed by atoms with Gasteiger partial charge in [-0.25, -0.2) is 4.79 Å². The van der Waals surface area contributed by atoms with Crippen LogP contribution in [0.1, 0.15) is 48.0 Å². The van der Waals surface area contributed by atoms with E-state index in [2.05, 4.69) is 13.8 Å². The summed E-state index contributed by atoms with van der Waals surface area (Å²) >= 11 is 0. The molecule has 4 rings (SSSR count). The predicted octanol–water partition coefficient (Wildman–Crippen LogP) is 2.33. The molecular weight excluding hydrogens is 396 g/mol. The van der Waals surface area contributed by atoms with Crippen LogP contribution in [0.15, 0.2) is 34.9 Å². The molecule has 170 valence electrons. The largest absolute Gasteiger partial charge is 0.451 e. The number of esters is 1. The first kappa shape index (κ1) is 22.4. The van der Waals surface area contributed by atoms with Gasteiger partial charge in [-0.15, -0.1) is 0 Å². The van der Waals surface area contributed by atoms with Crippen molar-refractivity contribution in [3.63, 3.8) is 0 Å². The van der Waals surface area contributed by atoms with E-state index in [0.717, 1.165) is 6.42 Å². The monoisotopic (exact) mass is 430 g/mol. The lowest BCUT2D eigenvalue weighted by Gasteiger charge is -2.48. The average molecular weight is 431 g/mol. The van der Waals surface area contributed by atoms with Crippen molar-refractivity contribution in [1.82, 2.24) is 0 Å². The summed E-state index contributed by atoms with van der Waals surface area (Å²) < 4.78 is 5.72. The first-order valence-electron chi connectivity index (χ1n) is 11.2. The highest BCUT2D eigenvalue weighted by Gasteiger charge is 2.76. The third kappa shape index (κ3) is 2.61. The molecule has 8 atom stereocenters. The van der Waals surface area contributed by atoms with E-state index in [1.807, 2.05) is 6.92 Å². The molecule has 0 aromatic rings. The van der Waals surface area contributed by atoms with E-state index in [4.69, 9.17) is 4.74 Å². The van der Waals surface area contributed by atoms with Crippen molar-refractivity contribution in [2.24, 2.45) is 34.5 Å². The summed E-state index contributed by atoms with van der Waals surface area (Å²) in [6.07, 6.45) is 3.04. The van der Waals surface area contributed by atoms with Crippen molar-refractivity contribution < 1.29 is 29.6 Å². The molecule has 3 N–H and O–H groups in total. The van der Waals surface area contributed by atoms with Gasteiger partial charge < -0.3 is 20.1 Å². The summed E-state index contributed by atoms with van der Waals surface area (Å²) in [6, 6.07) is 0. The number of hydrogen-bond donors (Lipinski definition) is 3. The van der Waals surface area contributed by atoms with E-state index in [9.17, 15) is 24.9 Å². The zero-order valence-corrected chi connectivity index (χ0v) is 19.2. The standard InChI is InChI=1S/C25H34O6/c1-7-12(2)22(29)31-21-13(3)10-24-14(4)8-17-18(23(17,5)6)16(20(24)28)9-15(11-26)19(27)25(21,24)30/h7,9-10,14,16-19,21,26-27,30H,8,11H2,1-6H3/t14?,16-,17?,18?,19+,21-,24-,25-/m0/s1. The summed E-state index contributed by atoms with van der Waals surface area (Å²) in [7, 11) is 0. The Morgan fingerprint density at radius 2 is 2.00 bits per heavy atom. The number of allylic oxidation sites excluding steroid dienone is 2. The lowest BCUT2D eigenvalue weighted by Crippen LogP contribution is -2.65. The molecule has 4 aliphatic rings. The Labute approximate surface area is 183 Å². The lowest BCUT2D eigenvalue weighted by atomic mass is 9.59. The minimum atomic E-state index is -2.08. The van der Waals surface area contributed by atoms with Crippen LogP contribution in [-0.4, -0.2) is 51.5 Å². The minimum Gasteiger partial charge on any atom is -0.451 e. The van der Waals surface area contributed by atoms with Crippen LogP contribution >= 0.6 is 0 Å². The van der Waals surface area contributed by atoms with Crippen LogP contribution in [0.25, 0.3) is 0 Å². The number of aliphatic hydroxyl groups excluding tert-OH is 2. The maximum Gasteiger partial charge on any atom is 0.334 e. The number of rotatable bonds is 3. The van der Waals surface area contributed by atoms with Gasteiger partial charge in [0.1, 0.15) is 6.10 Å². The second kappa shape index (κ2) is 6.87. The number of ketones is 1. The van der Waals surface area contributed by atoms with E-state index >= 15 is 0 Å². The SMILES string of the molecule is CC=C(C)C(=O)O[C@H]1C(C)=C[C@]23C(=O)[C@@H](C=C(CO)[C@@H](O)[C@]12O)C1C(CC3C)C1(C)C. The molecule has 1 spiro atoms. The van der Waals surface area contributed by atoms with Crippen LogP contribution in [0, 0.1) is 34.5 Å². The van der Waals surface area contributed by atoms with Gasteiger partial charge in [-0.05, 0) is 61.5 Å². The molecule has 6 nitrogen and oxygen atoms in total. The highest BCUT2D eigenvalue weighted by molar-refractivity contribution is 5.96. The van der Waals surface area contributed by atoms with E-state index in [0.29, 0.717) is 17.1 Å². The van der Waals surface area contributed by atoms with Crippen LogP contribution < -0.4 is 0 Å². The molecule has 3 unspecified atom stereocenters. The number of carbonyl (C=O) groups is 2. The smallest absolute Gasteiger partial charge is 0.334 e. The van der Waals surface area contributed by atoms with Crippen LogP contribution in [0.2, 0.25) is 0 Å². The Balaban J connectivity index is 1.91. The van der Waals surface area contributed by atoms with Crippen molar-refractivity contribution >= 4 is 11.8 Å². The number of ether oxygens (including phenoxy) is 1. The van der Waals surface area contributed by atoms with Gasteiger partial charge in [-0.1, -0.05) is 39.0 Å². The zero-order valence-electron chi connectivity index (χ0n) is 19.2. The third-order valence-electron chi connectivity index (χ3n) is 8.88. The molecule has 6 heteroatoms. The Hall–Kier alpha value is -1.76. The van der Waals surface area contributed by atoms with Gasteiger partial charge in [0.2, 0.25) is 0 Å². The number of Topliss-reactive ketones (excluding diaryl/α,β-unsaturated/α-hetero) is 1. The van der Waals surface area contributed by atoms with Crippen molar-refractivity contribution in [2.45, 2.75) is 65.8 Å². The summed E-state index contributed by atoms with van der Waals surface area (Å²) in [6.45, 7) is 10.8. The number of fused-ring (bicyclic) bond motifs is 3. The van der Waals surface area contributed by atoms with Crippen molar-refractivity contribution in [3.05, 3.63) is 34.9 Å². The molecule has 2 bridgehead atoms. The molecular formula is C25H34O6. The van der Waals surface area contributed by atoms with Crippen LogP contribution in [0.4, 0.5) is 0 Å². The van der Waals surface area contributed by atoms with Gasteiger partial charge in [0.25, 0.3) is 0 Å². The van der Waals surface area contributed by atoms with Crippen molar-refractivity contribution in [3.8, 4) is 0 Å². The normalized spacial score (nSPS) is 45.6. The molecule has 2 saturated carbocycles. The van der Waals surface area contributed by atoms with Crippen LogP contribution in [-0.2, 0) is 14.3 Å². The first-order valence-corrected chi connectivity index (χ1v) is 11.2. The minimum absolute atomic E-state index is 0.0209. The molecule has 31 heavy (non-hydrogen) atoms. The number of hydrogen-bond acceptors (Lipinski definition) is 6. The van der Waals surface area contributed by atoms with Gasteiger partial charge >= 0.3 is 5.97 Å². The van der Waals surface area contributed by atoms with Crippen molar-refractivity contribution in [2.75, 3.05) is 6.61 Å². The summed E-state index contributed by atoms with van der Waals surface area (Å²) in [5, 5.41) is 33.7. The molecule has 0 amide bonds. The first-order chi connectivity index (χ1) is 14.4. The van der Waals surface area contributed by atoms with Crippen LogP contribution in [0.3, 0.4) is 0 Å². The van der Waals surface area contributed by atoms with Gasteiger partial charge in [0.05, 0.1) is 12.0 Å². The fourth-order valence-corrected chi connectivity index (χ4v) is 6.91. The van der Waals surface area contributed by atoms with E-state index < -0.39 is 41.7 Å². The fraction of sp³-hybridized carbons (Fsp3) is 0.680. The van der Waals surface area contributed by atoms with E-state index in [1.165, 1.54) is 0 Å². The van der Waals surface area contributed by atoms with Gasteiger partial charge in [-0.3, -0.25) is 4.79 Å². The molecule has 0 radical (unpaired) electrons.